The zero-order chi connectivity index (χ0) is 13.9. The average molecular weight is 286 g/mol. The van der Waals surface area contributed by atoms with Crippen LogP contribution in [0.4, 0.5) is 0 Å². The molecule has 1 atom stereocenters. The molecule has 0 N–H and O–H groups in total. The van der Waals surface area contributed by atoms with E-state index in [2.05, 4.69) is 11.1 Å². The molecular formula is C17H16ClNO. The molecule has 1 unspecified atom stereocenters. The molecule has 1 aromatic carbocycles. The van der Waals surface area contributed by atoms with Crippen LogP contribution in [0.5, 0.6) is 0 Å². The Hall–Kier alpha value is -1.67. The van der Waals surface area contributed by atoms with Crippen LogP contribution >= 0.6 is 11.6 Å². The highest BCUT2D eigenvalue weighted by Gasteiger charge is 2.27. The summed E-state index contributed by atoms with van der Waals surface area (Å²) in [5.41, 5.74) is 3.18. The molecule has 1 aliphatic rings. The molecule has 0 saturated carbocycles. The number of ketones is 1. The highest BCUT2D eigenvalue weighted by atomic mass is 35.5. The molecule has 3 rings (SSSR count). The molecule has 2 nitrogen and oxygen atoms in total. The molecule has 1 heterocycles. The fraction of sp³-hybridized carbons (Fsp3) is 0.294. The summed E-state index contributed by atoms with van der Waals surface area (Å²) in [7, 11) is 0. The normalized spacial score (nSPS) is 17.6. The van der Waals surface area contributed by atoms with E-state index in [-0.39, 0.29) is 11.7 Å². The van der Waals surface area contributed by atoms with Gasteiger partial charge in [0.1, 0.15) is 5.78 Å². The van der Waals surface area contributed by atoms with Crippen molar-refractivity contribution in [3.05, 3.63) is 64.4 Å². The molecule has 1 aromatic heterocycles. The van der Waals surface area contributed by atoms with Crippen molar-refractivity contribution in [2.24, 2.45) is 0 Å². The van der Waals surface area contributed by atoms with Crippen LogP contribution in [0.2, 0.25) is 5.02 Å². The van der Waals surface area contributed by atoms with Gasteiger partial charge in [0.05, 0.1) is 11.6 Å². The highest BCUT2D eigenvalue weighted by molar-refractivity contribution is 6.30. The van der Waals surface area contributed by atoms with Crippen molar-refractivity contribution in [2.45, 2.75) is 31.6 Å². The lowest BCUT2D eigenvalue weighted by Crippen LogP contribution is -2.21. The van der Waals surface area contributed by atoms with Crippen LogP contribution in [-0.4, -0.2) is 10.8 Å². The fourth-order valence-corrected chi connectivity index (χ4v) is 3.11. The van der Waals surface area contributed by atoms with Crippen LogP contribution in [0.3, 0.4) is 0 Å². The number of Topliss-reactive ketones (excluding diaryl/α,β-unsaturated/α-hetero) is 1. The number of carbonyl (C=O) groups excluding carboxylic acids is 1. The van der Waals surface area contributed by atoms with E-state index < -0.39 is 0 Å². The summed E-state index contributed by atoms with van der Waals surface area (Å²) >= 11 is 5.97. The molecule has 3 heteroatoms. The van der Waals surface area contributed by atoms with Crippen molar-refractivity contribution in [1.82, 2.24) is 4.98 Å². The van der Waals surface area contributed by atoms with Gasteiger partial charge in [-0.25, -0.2) is 0 Å². The standard InChI is InChI=1S/C17H16ClNO/c18-14-7-1-4-12(10-14)11-16(20)15-8-2-5-13-6-3-9-19-17(13)15/h1,3-4,6-7,9-10,15H,2,5,8,11H2. The minimum Gasteiger partial charge on any atom is -0.299 e. The predicted molar refractivity (Wildman–Crippen MR) is 80.1 cm³/mol. The molecule has 0 fully saturated rings. The number of aromatic nitrogens is 1. The SMILES string of the molecule is O=C(Cc1cccc(Cl)c1)C1CCCc2cccnc21. The van der Waals surface area contributed by atoms with E-state index in [1.807, 2.05) is 30.3 Å². The smallest absolute Gasteiger partial charge is 0.146 e. The fourth-order valence-electron chi connectivity index (χ4n) is 2.89. The van der Waals surface area contributed by atoms with Crippen LogP contribution in [0.25, 0.3) is 0 Å². The summed E-state index contributed by atoms with van der Waals surface area (Å²) in [6.07, 6.45) is 5.21. The average Bonchev–Trinajstić information content (AvgIpc) is 2.46. The molecule has 0 spiro atoms. The van der Waals surface area contributed by atoms with E-state index in [4.69, 9.17) is 11.6 Å². The van der Waals surface area contributed by atoms with Gasteiger partial charge in [-0.3, -0.25) is 9.78 Å². The summed E-state index contributed by atoms with van der Waals surface area (Å²) in [5.74, 6) is 0.186. The van der Waals surface area contributed by atoms with Crippen molar-refractivity contribution in [3.8, 4) is 0 Å². The number of hydrogen-bond donors (Lipinski definition) is 0. The third-order valence-electron chi connectivity index (χ3n) is 3.85. The molecule has 0 saturated heterocycles. The van der Waals surface area contributed by atoms with Crippen LogP contribution in [0, 0.1) is 0 Å². The number of benzene rings is 1. The van der Waals surface area contributed by atoms with Gasteiger partial charge in [-0.1, -0.05) is 29.8 Å². The second-order valence-electron chi connectivity index (χ2n) is 5.27. The number of nitrogens with zero attached hydrogens (tertiary/aromatic N) is 1. The highest BCUT2D eigenvalue weighted by Crippen LogP contribution is 2.31. The summed E-state index contributed by atoms with van der Waals surface area (Å²) in [6, 6.07) is 11.6. The van der Waals surface area contributed by atoms with Crippen molar-refractivity contribution in [3.63, 3.8) is 0 Å². The Morgan fingerprint density at radius 3 is 3.05 bits per heavy atom. The van der Waals surface area contributed by atoms with E-state index >= 15 is 0 Å². The zero-order valence-electron chi connectivity index (χ0n) is 11.2. The number of hydrogen-bond acceptors (Lipinski definition) is 2. The zero-order valence-corrected chi connectivity index (χ0v) is 11.9. The second-order valence-corrected chi connectivity index (χ2v) is 5.70. The third-order valence-corrected chi connectivity index (χ3v) is 4.09. The lowest BCUT2D eigenvalue weighted by atomic mass is 9.82. The number of carbonyl (C=O) groups is 1. The Bertz CT molecular complexity index is 638. The van der Waals surface area contributed by atoms with E-state index in [1.165, 1.54) is 5.56 Å². The third kappa shape index (κ3) is 2.75. The molecule has 2 aromatic rings. The second kappa shape index (κ2) is 5.76. The number of aryl methyl sites for hydroxylation is 1. The first-order valence-electron chi connectivity index (χ1n) is 6.95. The van der Waals surface area contributed by atoms with E-state index in [1.54, 1.807) is 6.20 Å². The van der Waals surface area contributed by atoms with E-state index in [0.29, 0.717) is 11.4 Å². The lowest BCUT2D eigenvalue weighted by molar-refractivity contribution is -0.120. The molecule has 0 bridgehead atoms. The van der Waals surface area contributed by atoms with Crippen LogP contribution in [0.1, 0.15) is 35.6 Å². The van der Waals surface area contributed by atoms with Crippen molar-refractivity contribution in [2.75, 3.05) is 0 Å². The summed E-state index contributed by atoms with van der Waals surface area (Å²) in [4.78, 5) is 17.0. The van der Waals surface area contributed by atoms with Crippen molar-refractivity contribution in [1.29, 1.82) is 0 Å². The van der Waals surface area contributed by atoms with Gasteiger partial charge in [-0.05, 0) is 48.6 Å². The maximum absolute atomic E-state index is 12.6. The topological polar surface area (TPSA) is 30.0 Å². The minimum absolute atomic E-state index is 0.0565. The van der Waals surface area contributed by atoms with Gasteiger partial charge in [-0.15, -0.1) is 0 Å². The molecule has 1 aliphatic carbocycles. The Morgan fingerprint density at radius 2 is 2.20 bits per heavy atom. The summed E-state index contributed by atoms with van der Waals surface area (Å²) in [5, 5.41) is 0.678. The van der Waals surface area contributed by atoms with Gasteiger partial charge in [0, 0.05) is 17.6 Å². The van der Waals surface area contributed by atoms with Gasteiger partial charge in [0.15, 0.2) is 0 Å². The van der Waals surface area contributed by atoms with Gasteiger partial charge in [-0.2, -0.15) is 0 Å². The largest absolute Gasteiger partial charge is 0.299 e. The van der Waals surface area contributed by atoms with Crippen molar-refractivity contribution < 1.29 is 4.79 Å². The maximum atomic E-state index is 12.6. The molecule has 0 aliphatic heterocycles. The van der Waals surface area contributed by atoms with E-state index in [0.717, 1.165) is 30.5 Å². The Labute approximate surface area is 123 Å². The van der Waals surface area contributed by atoms with Gasteiger partial charge >= 0.3 is 0 Å². The van der Waals surface area contributed by atoms with E-state index in [9.17, 15) is 4.79 Å². The molecule has 0 radical (unpaired) electrons. The Kier molecular flexibility index (Phi) is 3.83. The summed E-state index contributed by atoms with van der Waals surface area (Å²) in [6.45, 7) is 0. The molecule has 102 valence electrons. The quantitative estimate of drug-likeness (QED) is 0.854. The Balaban J connectivity index is 1.82. The monoisotopic (exact) mass is 285 g/mol. The summed E-state index contributed by atoms with van der Waals surface area (Å²) < 4.78 is 0. The number of pyridine rings is 1. The number of fused-ring (bicyclic) bond motifs is 1. The number of rotatable bonds is 3. The first-order chi connectivity index (χ1) is 9.74. The molecular weight excluding hydrogens is 270 g/mol. The molecule has 0 amide bonds. The first kappa shape index (κ1) is 13.3. The maximum Gasteiger partial charge on any atom is 0.146 e. The van der Waals surface area contributed by atoms with Crippen LogP contribution in [0.15, 0.2) is 42.6 Å². The first-order valence-corrected chi connectivity index (χ1v) is 7.33. The minimum atomic E-state index is -0.0565. The lowest BCUT2D eigenvalue weighted by Gasteiger charge is -2.23. The van der Waals surface area contributed by atoms with Crippen LogP contribution in [-0.2, 0) is 17.6 Å². The van der Waals surface area contributed by atoms with Gasteiger partial charge < -0.3 is 0 Å². The van der Waals surface area contributed by atoms with Crippen LogP contribution < -0.4 is 0 Å². The van der Waals surface area contributed by atoms with Gasteiger partial charge in [0.2, 0.25) is 0 Å². The molecule has 20 heavy (non-hydrogen) atoms. The Morgan fingerprint density at radius 1 is 1.30 bits per heavy atom. The number of halogens is 1. The van der Waals surface area contributed by atoms with Gasteiger partial charge in [0.25, 0.3) is 0 Å². The van der Waals surface area contributed by atoms with Crippen molar-refractivity contribution >= 4 is 17.4 Å². The predicted octanol–water partition coefficient (Wildman–Crippen LogP) is 3.97.